The lowest BCUT2D eigenvalue weighted by atomic mass is 10.3. The van der Waals surface area contributed by atoms with E-state index >= 15 is 0 Å². The Kier molecular flexibility index (Phi) is 3.96. The molecule has 0 spiro atoms. The molecule has 2 nitrogen and oxygen atoms in total. The summed E-state index contributed by atoms with van der Waals surface area (Å²) in [6, 6.07) is 8.45. The van der Waals surface area contributed by atoms with Crippen molar-refractivity contribution in [1.82, 2.24) is 0 Å². The zero-order valence-electron chi connectivity index (χ0n) is 7.98. The van der Waals surface area contributed by atoms with Crippen LogP contribution in [0.15, 0.2) is 35.2 Å². The van der Waals surface area contributed by atoms with Gasteiger partial charge in [0.25, 0.3) is 0 Å². The third-order valence-corrected chi connectivity index (χ3v) is 4.39. The van der Waals surface area contributed by atoms with E-state index in [0.29, 0.717) is 10.8 Å². The molecule has 0 fully saturated rings. The summed E-state index contributed by atoms with van der Waals surface area (Å²) < 4.78 is 23.5. The summed E-state index contributed by atoms with van der Waals surface area (Å²) in [5.74, 6) is 0.467. The molecule has 1 rings (SSSR count). The van der Waals surface area contributed by atoms with Crippen LogP contribution in [0, 0.1) is 5.92 Å². The molecule has 1 unspecified atom stereocenters. The lowest BCUT2D eigenvalue weighted by Crippen LogP contribution is -2.14. The molecule has 0 aliphatic heterocycles. The predicted octanol–water partition coefficient (Wildman–Crippen LogP) is 2.34. The molecule has 0 saturated heterocycles. The molecule has 1 atom stereocenters. The van der Waals surface area contributed by atoms with Gasteiger partial charge in [-0.3, -0.25) is 0 Å². The first-order chi connectivity index (χ1) is 6.56. The third-order valence-electron chi connectivity index (χ3n) is 1.87. The van der Waals surface area contributed by atoms with Crippen LogP contribution in [0.3, 0.4) is 0 Å². The fraction of sp³-hybridized carbons (Fsp3) is 0.400. The molecule has 0 amide bonds. The van der Waals surface area contributed by atoms with E-state index in [0.717, 1.165) is 0 Å². The molecule has 0 aliphatic rings. The molecule has 0 radical (unpaired) electrons. The van der Waals surface area contributed by atoms with Gasteiger partial charge in [-0.15, -0.1) is 11.6 Å². The summed E-state index contributed by atoms with van der Waals surface area (Å²) in [4.78, 5) is 0.372. The molecule has 1 aromatic carbocycles. The summed E-state index contributed by atoms with van der Waals surface area (Å²) >= 11 is 5.58. The molecular weight excluding hydrogens is 220 g/mol. The van der Waals surface area contributed by atoms with Crippen LogP contribution < -0.4 is 0 Å². The van der Waals surface area contributed by atoms with E-state index in [1.165, 1.54) is 0 Å². The molecule has 0 saturated carbocycles. The Hall–Kier alpha value is -0.540. The topological polar surface area (TPSA) is 34.1 Å². The molecule has 1 aromatic rings. The van der Waals surface area contributed by atoms with E-state index in [1.54, 1.807) is 30.3 Å². The zero-order chi connectivity index (χ0) is 10.6. The van der Waals surface area contributed by atoms with Crippen molar-refractivity contribution in [3.05, 3.63) is 30.3 Å². The van der Waals surface area contributed by atoms with Gasteiger partial charge in [-0.1, -0.05) is 25.1 Å². The van der Waals surface area contributed by atoms with Gasteiger partial charge in [-0.2, -0.15) is 0 Å². The number of hydrogen-bond acceptors (Lipinski definition) is 2. The quantitative estimate of drug-likeness (QED) is 0.747. The maximum absolute atomic E-state index is 11.7. The average Bonchev–Trinajstić information content (AvgIpc) is 2.18. The number of halogens is 1. The van der Waals surface area contributed by atoms with Gasteiger partial charge in [0.15, 0.2) is 9.84 Å². The van der Waals surface area contributed by atoms with Crippen LogP contribution in [-0.2, 0) is 9.84 Å². The summed E-state index contributed by atoms with van der Waals surface area (Å²) in [5, 5.41) is 0. The standard InChI is InChI=1S/C10H13ClO2S/c1-9(7-11)8-14(12,13)10-5-3-2-4-6-10/h2-6,9H,7-8H2,1H3. The molecule has 0 aliphatic carbocycles. The summed E-state index contributed by atoms with van der Waals surface area (Å²) in [6.07, 6.45) is 0. The van der Waals surface area contributed by atoms with E-state index in [4.69, 9.17) is 11.6 Å². The van der Waals surface area contributed by atoms with Gasteiger partial charge in [-0.25, -0.2) is 8.42 Å². The van der Waals surface area contributed by atoms with Crippen molar-refractivity contribution in [1.29, 1.82) is 0 Å². The summed E-state index contributed by atoms with van der Waals surface area (Å²) in [6.45, 7) is 1.83. The fourth-order valence-corrected chi connectivity index (χ4v) is 3.01. The van der Waals surface area contributed by atoms with E-state index in [1.807, 2.05) is 6.92 Å². The monoisotopic (exact) mass is 232 g/mol. The lowest BCUT2D eigenvalue weighted by Gasteiger charge is -2.08. The van der Waals surface area contributed by atoms with Crippen LogP contribution in [-0.4, -0.2) is 20.1 Å². The lowest BCUT2D eigenvalue weighted by molar-refractivity contribution is 0.583. The third kappa shape index (κ3) is 3.00. The van der Waals surface area contributed by atoms with Gasteiger partial charge in [-0.05, 0) is 18.1 Å². The van der Waals surface area contributed by atoms with Crippen LogP contribution in [0.25, 0.3) is 0 Å². The van der Waals surface area contributed by atoms with Crippen LogP contribution >= 0.6 is 11.6 Å². The second-order valence-corrected chi connectivity index (χ2v) is 5.70. The van der Waals surface area contributed by atoms with Gasteiger partial charge in [0.1, 0.15) is 0 Å². The summed E-state index contributed by atoms with van der Waals surface area (Å²) in [5.41, 5.74) is 0. The van der Waals surface area contributed by atoms with Crippen molar-refractivity contribution < 1.29 is 8.42 Å². The average molecular weight is 233 g/mol. The van der Waals surface area contributed by atoms with E-state index in [9.17, 15) is 8.42 Å². The minimum absolute atomic E-state index is 0.0122. The molecule has 0 bridgehead atoms. The molecule has 0 aromatic heterocycles. The van der Waals surface area contributed by atoms with Gasteiger partial charge in [0.05, 0.1) is 10.6 Å². The first kappa shape index (κ1) is 11.5. The number of hydrogen-bond donors (Lipinski definition) is 0. The van der Waals surface area contributed by atoms with Crippen molar-refractivity contribution >= 4 is 21.4 Å². The smallest absolute Gasteiger partial charge is 0.178 e. The number of alkyl halides is 1. The molecular formula is C10H13ClO2S. The number of sulfone groups is 1. The normalized spacial score (nSPS) is 13.9. The Morgan fingerprint density at radius 2 is 1.86 bits per heavy atom. The largest absolute Gasteiger partial charge is 0.224 e. The van der Waals surface area contributed by atoms with E-state index < -0.39 is 9.84 Å². The zero-order valence-corrected chi connectivity index (χ0v) is 9.55. The van der Waals surface area contributed by atoms with Crippen molar-refractivity contribution in [2.75, 3.05) is 11.6 Å². The first-order valence-electron chi connectivity index (χ1n) is 4.40. The highest BCUT2D eigenvalue weighted by molar-refractivity contribution is 7.91. The highest BCUT2D eigenvalue weighted by atomic mass is 35.5. The maximum atomic E-state index is 11.7. The second kappa shape index (κ2) is 4.80. The molecule has 14 heavy (non-hydrogen) atoms. The van der Waals surface area contributed by atoms with Crippen molar-refractivity contribution in [3.8, 4) is 0 Å². The fourth-order valence-electron chi connectivity index (χ4n) is 1.14. The minimum atomic E-state index is -3.16. The Labute approximate surface area is 89.8 Å². The van der Waals surface area contributed by atoms with E-state index in [2.05, 4.69) is 0 Å². The molecule has 4 heteroatoms. The number of rotatable bonds is 4. The SMILES string of the molecule is CC(CCl)CS(=O)(=O)c1ccccc1. The summed E-state index contributed by atoms with van der Waals surface area (Å²) in [7, 11) is -3.16. The number of benzene rings is 1. The van der Waals surface area contributed by atoms with Crippen molar-refractivity contribution in [3.63, 3.8) is 0 Å². The predicted molar refractivity (Wildman–Crippen MR) is 58.4 cm³/mol. The van der Waals surface area contributed by atoms with Crippen molar-refractivity contribution in [2.24, 2.45) is 5.92 Å². The Bertz CT molecular complexity index is 372. The van der Waals surface area contributed by atoms with Crippen LogP contribution in [0.4, 0.5) is 0 Å². The van der Waals surface area contributed by atoms with Crippen molar-refractivity contribution in [2.45, 2.75) is 11.8 Å². The second-order valence-electron chi connectivity index (χ2n) is 3.35. The van der Waals surface area contributed by atoms with E-state index in [-0.39, 0.29) is 11.7 Å². The van der Waals surface area contributed by atoms with Gasteiger partial charge in [0, 0.05) is 5.88 Å². The molecule has 0 N–H and O–H groups in total. The van der Waals surface area contributed by atoms with Gasteiger partial charge < -0.3 is 0 Å². The van der Waals surface area contributed by atoms with Crippen LogP contribution in [0.1, 0.15) is 6.92 Å². The molecule has 0 heterocycles. The van der Waals surface area contributed by atoms with Crippen LogP contribution in [0.2, 0.25) is 0 Å². The van der Waals surface area contributed by atoms with Crippen LogP contribution in [0.5, 0.6) is 0 Å². The Morgan fingerprint density at radius 1 is 1.29 bits per heavy atom. The Balaban J connectivity index is 2.87. The van der Waals surface area contributed by atoms with Gasteiger partial charge >= 0.3 is 0 Å². The Morgan fingerprint density at radius 3 is 2.36 bits per heavy atom. The molecule has 78 valence electrons. The highest BCUT2D eigenvalue weighted by Gasteiger charge is 2.17. The van der Waals surface area contributed by atoms with Gasteiger partial charge in [0.2, 0.25) is 0 Å². The maximum Gasteiger partial charge on any atom is 0.178 e. The highest BCUT2D eigenvalue weighted by Crippen LogP contribution is 2.14. The first-order valence-corrected chi connectivity index (χ1v) is 6.58. The minimum Gasteiger partial charge on any atom is -0.224 e.